The van der Waals surface area contributed by atoms with Gasteiger partial charge in [0.1, 0.15) is 0 Å². The molecule has 0 spiro atoms. The maximum absolute atomic E-state index is 5.35. The standard InChI is InChI=1S/C12H20N2OS/c1-9(12-14-10(2)8-16-12)5-13-6-11-3-4-15-7-11/h8-9,11,13H,3-7H2,1-2H3. The topological polar surface area (TPSA) is 34.1 Å². The molecule has 1 aliphatic heterocycles. The lowest BCUT2D eigenvalue weighted by atomic mass is 10.1. The van der Waals surface area contributed by atoms with Gasteiger partial charge in [0.05, 0.1) is 11.6 Å². The summed E-state index contributed by atoms with van der Waals surface area (Å²) in [5.74, 6) is 1.23. The molecule has 1 aromatic rings. The predicted molar refractivity (Wildman–Crippen MR) is 67.1 cm³/mol. The number of nitrogens with zero attached hydrogens (tertiary/aromatic N) is 1. The van der Waals surface area contributed by atoms with E-state index in [4.69, 9.17) is 4.74 Å². The second-order valence-corrected chi connectivity index (χ2v) is 5.51. The molecule has 0 radical (unpaired) electrons. The molecule has 3 nitrogen and oxygen atoms in total. The highest BCUT2D eigenvalue weighted by Gasteiger charge is 2.16. The highest BCUT2D eigenvalue weighted by Crippen LogP contribution is 2.19. The zero-order valence-corrected chi connectivity index (χ0v) is 10.8. The normalized spacial score (nSPS) is 22.5. The van der Waals surface area contributed by atoms with Gasteiger partial charge in [-0.15, -0.1) is 11.3 Å². The number of thiazole rings is 1. The third-order valence-corrected chi connectivity index (χ3v) is 4.16. The van der Waals surface area contributed by atoms with Crippen molar-refractivity contribution in [3.8, 4) is 0 Å². The van der Waals surface area contributed by atoms with Crippen molar-refractivity contribution in [1.29, 1.82) is 0 Å². The molecule has 0 saturated carbocycles. The van der Waals surface area contributed by atoms with Crippen molar-refractivity contribution < 1.29 is 4.74 Å². The summed E-state index contributed by atoms with van der Waals surface area (Å²) < 4.78 is 5.35. The van der Waals surface area contributed by atoms with Gasteiger partial charge < -0.3 is 10.1 Å². The van der Waals surface area contributed by atoms with Gasteiger partial charge >= 0.3 is 0 Å². The van der Waals surface area contributed by atoms with E-state index in [1.807, 2.05) is 0 Å². The van der Waals surface area contributed by atoms with Gasteiger partial charge in [-0.2, -0.15) is 0 Å². The fourth-order valence-electron chi connectivity index (χ4n) is 1.93. The molecule has 0 amide bonds. The Bertz CT molecular complexity index is 321. The number of aryl methyl sites for hydroxylation is 1. The summed E-state index contributed by atoms with van der Waals surface area (Å²) in [7, 11) is 0. The van der Waals surface area contributed by atoms with Crippen LogP contribution in [-0.2, 0) is 4.74 Å². The molecule has 1 aromatic heterocycles. The molecule has 2 rings (SSSR count). The van der Waals surface area contributed by atoms with Gasteiger partial charge in [0.25, 0.3) is 0 Å². The van der Waals surface area contributed by atoms with Crippen LogP contribution in [0, 0.1) is 12.8 Å². The largest absolute Gasteiger partial charge is 0.381 e. The van der Waals surface area contributed by atoms with E-state index in [-0.39, 0.29) is 0 Å². The quantitative estimate of drug-likeness (QED) is 0.856. The van der Waals surface area contributed by atoms with Crippen LogP contribution in [0.3, 0.4) is 0 Å². The summed E-state index contributed by atoms with van der Waals surface area (Å²) in [5, 5.41) is 6.89. The minimum atomic E-state index is 0.515. The van der Waals surface area contributed by atoms with Crippen LogP contribution in [0.25, 0.3) is 0 Å². The molecular weight excluding hydrogens is 220 g/mol. The molecule has 1 saturated heterocycles. The molecule has 2 unspecified atom stereocenters. The van der Waals surface area contributed by atoms with Crippen LogP contribution >= 0.6 is 11.3 Å². The SMILES string of the molecule is Cc1csc(C(C)CNCC2CCOC2)n1. The highest BCUT2D eigenvalue weighted by molar-refractivity contribution is 7.09. The average molecular weight is 240 g/mol. The molecule has 0 bridgehead atoms. The van der Waals surface area contributed by atoms with Gasteiger partial charge in [-0.1, -0.05) is 6.92 Å². The molecule has 90 valence electrons. The second kappa shape index (κ2) is 5.75. The maximum Gasteiger partial charge on any atom is 0.0969 e. The summed E-state index contributed by atoms with van der Waals surface area (Å²) in [6.45, 7) is 8.25. The second-order valence-electron chi connectivity index (χ2n) is 4.62. The third kappa shape index (κ3) is 3.27. The molecule has 1 aliphatic rings. The lowest BCUT2D eigenvalue weighted by Crippen LogP contribution is -2.26. The smallest absolute Gasteiger partial charge is 0.0969 e. The van der Waals surface area contributed by atoms with Crippen molar-refractivity contribution in [1.82, 2.24) is 10.3 Å². The molecule has 0 aromatic carbocycles. The Morgan fingerprint density at radius 2 is 2.56 bits per heavy atom. The number of hydrogen-bond acceptors (Lipinski definition) is 4. The van der Waals surface area contributed by atoms with Crippen molar-refractivity contribution in [2.75, 3.05) is 26.3 Å². The Kier molecular flexibility index (Phi) is 4.32. The molecule has 16 heavy (non-hydrogen) atoms. The third-order valence-electron chi connectivity index (χ3n) is 2.97. The molecule has 1 fully saturated rings. The first kappa shape index (κ1) is 12.0. The molecular formula is C12H20N2OS. The zero-order valence-electron chi connectivity index (χ0n) is 10.0. The van der Waals surface area contributed by atoms with Crippen molar-refractivity contribution in [2.45, 2.75) is 26.2 Å². The van der Waals surface area contributed by atoms with Gasteiger partial charge in [-0.3, -0.25) is 0 Å². The highest BCUT2D eigenvalue weighted by atomic mass is 32.1. The Balaban J connectivity index is 1.69. The van der Waals surface area contributed by atoms with Crippen LogP contribution in [-0.4, -0.2) is 31.3 Å². The summed E-state index contributed by atoms with van der Waals surface area (Å²) >= 11 is 1.76. The Morgan fingerprint density at radius 3 is 3.19 bits per heavy atom. The van der Waals surface area contributed by atoms with E-state index in [9.17, 15) is 0 Å². The number of hydrogen-bond donors (Lipinski definition) is 1. The van der Waals surface area contributed by atoms with E-state index in [2.05, 4.69) is 29.5 Å². The fourth-order valence-corrected chi connectivity index (χ4v) is 2.79. The number of aromatic nitrogens is 1. The Labute approximate surface area is 101 Å². The monoisotopic (exact) mass is 240 g/mol. The van der Waals surface area contributed by atoms with Gasteiger partial charge in [-0.05, 0) is 19.3 Å². The summed E-state index contributed by atoms with van der Waals surface area (Å²) in [6.07, 6.45) is 1.21. The summed E-state index contributed by atoms with van der Waals surface area (Å²) in [4.78, 5) is 4.51. The maximum atomic E-state index is 5.35. The first-order valence-corrected chi connectivity index (χ1v) is 6.84. The van der Waals surface area contributed by atoms with Crippen molar-refractivity contribution in [2.24, 2.45) is 5.92 Å². The average Bonchev–Trinajstić information content (AvgIpc) is 2.89. The van der Waals surface area contributed by atoms with E-state index in [1.54, 1.807) is 11.3 Å². The van der Waals surface area contributed by atoms with Gasteiger partial charge in [0, 0.05) is 36.7 Å². The van der Waals surface area contributed by atoms with Crippen molar-refractivity contribution >= 4 is 11.3 Å². The number of nitrogens with one attached hydrogen (secondary N) is 1. The van der Waals surface area contributed by atoms with Gasteiger partial charge in [0.15, 0.2) is 0 Å². The molecule has 2 atom stereocenters. The summed E-state index contributed by atoms with van der Waals surface area (Å²) in [5.41, 5.74) is 1.14. The van der Waals surface area contributed by atoms with Crippen molar-refractivity contribution in [3.63, 3.8) is 0 Å². The van der Waals surface area contributed by atoms with Crippen LogP contribution in [0.5, 0.6) is 0 Å². The van der Waals surface area contributed by atoms with E-state index in [1.165, 1.54) is 11.4 Å². The van der Waals surface area contributed by atoms with Gasteiger partial charge in [-0.25, -0.2) is 4.98 Å². The first-order chi connectivity index (χ1) is 7.75. The minimum absolute atomic E-state index is 0.515. The lowest BCUT2D eigenvalue weighted by molar-refractivity contribution is 0.185. The fraction of sp³-hybridized carbons (Fsp3) is 0.750. The molecule has 4 heteroatoms. The zero-order chi connectivity index (χ0) is 11.4. The van der Waals surface area contributed by atoms with E-state index < -0.39 is 0 Å². The lowest BCUT2D eigenvalue weighted by Gasteiger charge is -2.12. The molecule has 0 aliphatic carbocycles. The van der Waals surface area contributed by atoms with E-state index in [0.717, 1.165) is 32.0 Å². The van der Waals surface area contributed by atoms with Gasteiger partial charge in [0.2, 0.25) is 0 Å². The predicted octanol–water partition coefficient (Wildman–Crippen LogP) is 2.18. The van der Waals surface area contributed by atoms with Crippen LogP contribution in [0.4, 0.5) is 0 Å². The van der Waals surface area contributed by atoms with Crippen LogP contribution in [0.1, 0.15) is 30.0 Å². The number of rotatable bonds is 5. The molecule has 1 N–H and O–H groups in total. The number of ether oxygens (including phenoxy) is 1. The van der Waals surface area contributed by atoms with Crippen LogP contribution in [0.2, 0.25) is 0 Å². The Morgan fingerprint density at radius 1 is 1.69 bits per heavy atom. The van der Waals surface area contributed by atoms with Crippen molar-refractivity contribution in [3.05, 3.63) is 16.1 Å². The summed E-state index contributed by atoms with van der Waals surface area (Å²) in [6, 6.07) is 0. The van der Waals surface area contributed by atoms with Crippen LogP contribution in [0.15, 0.2) is 5.38 Å². The Hall–Kier alpha value is -0.450. The minimum Gasteiger partial charge on any atom is -0.381 e. The molecule has 2 heterocycles. The first-order valence-electron chi connectivity index (χ1n) is 5.96. The van der Waals surface area contributed by atoms with E-state index >= 15 is 0 Å². The van der Waals surface area contributed by atoms with E-state index in [0.29, 0.717) is 11.8 Å². The van der Waals surface area contributed by atoms with Crippen LogP contribution < -0.4 is 5.32 Å².